The van der Waals surface area contributed by atoms with E-state index in [4.69, 9.17) is 14.2 Å². The Morgan fingerprint density at radius 1 is 0.412 bits per heavy atom. The van der Waals surface area contributed by atoms with Gasteiger partial charge in [-0.2, -0.15) is 0 Å². The molecule has 16 rings (SSSR count). The fraction of sp³-hybridized carbons (Fsp3) is 0.0526. The minimum Gasteiger partial charge on any atom is -0.458 e. The van der Waals surface area contributed by atoms with Gasteiger partial charge in [0.25, 0.3) is 20.1 Å². The highest BCUT2D eigenvalue weighted by Gasteiger charge is 2.47. The quantitative estimate of drug-likeness (QED) is 0.135. The van der Waals surface area contributed by atoms with Gasteiger partial charge in [-0.15, -0.1) is 0 Å². The monoisotopic (exact) mass is 890 g/mol. The van der Waals surface area contributed by atoms with Gasteiger partial charge in [0, 0.05) is 51.9 Å². The van der Waals surface area contributed by atoms with Crippen molar-refractivity contribution in [1.29, 1.82) is 0 Å². The standard InChI is InChI=1S/C57H37B3N4O3S/c1-30-20-43-55-52(22-30)65-49-18-10-6-14-35(49)58(55)37-26-38-42(28-41(37)61-43)62-44-24-32(63-45-16-8-4-12-33(45)34-13-5-9-17-46(34)63)25-54-56(44)60(38)40-27-39-47(29-51(40)67-54)64(68-3)48-21-31(2)23-53-57(48)59(39)36-15-7-11-19-50(36)66-53/h4-29,61-62H,1-3H3. The number of anilines is 6. The number of para-hydroxylation sites is 4. The molecule has 0 fully saturated rings. The maximum atomic E-state index is 7.39. The van der Waals surface area contributed by atoms with Crippen LogP contribution in [0.25, 0.3) is 27.5 Å². The van der Waals surface area contributed by atoms with Crippen LogP contribution in [-0.2, 0) is 0 Å². The molecule has 7 heterocycles. The Kier molecular flexibility index (Phi) is 7.22. The molecular formula is C57H37B3N4O3S. The van der Waals surface area contributed by atoms with E-state index < -0.39 is 0 Å². The van der Waals surface area contributed by atoms with Crippen LogP contribution in [0.3, 0.4) is 0 Å². The summed E-state index contributed by atoms with van der Waals surface area (Å²) in [5.41, 5.74) is 23.0. The second kappa shape index (κ2) is 13.2. The lowest BCUT2D eigenvalue weighted by molar-refractivity contribution is 0.486. The van der Waals surface area contributed by atoms with E-state index in [1.54, 1.807) is 11.9 Å². The van der Waals surface area contributed by atoms with E-state index in [0.717, 1.165) is 107 Å². The Balaban J connectivity index is 0.968. The molecule has 9 aromatic carbocycles. The maximum Gasteiger partial charge on any atom is 0.256 e. The normalized spacial score (nSPS) is 14.3. The molecule has 6 aliphatic heterocycles. The van der Waals surface area contributed by atoms with Crippen molar-refractivity contribution >= 4 is 137 Å². The van der Waals surface area contributed by atoms with Crippen molar-refractivity contribution in [2.75, 3.05) is 21.2 Å². The number of ether oxygens (including phenoxy) is 3. The van der Waals surface area contributed by atoms with Crippen LogP contribution in [0.2, 0.25) is 0 Å². The molecule has 0 saturated carbocycles. The maximum absolute atomic E-state index is 7.39. The number of rotatable bonds is 2. The number of nitrogens with one attached hydrogen (secondary N) is 2. The van der Waals surface area contributed by atoms with Crippen molar-refractivity contribution in [3.63, 3.8) is 0 Å². The van der Waals surface area contributed by atoms with Crippen LogP contribution in [0.1, 0.15) is 11.1 Å². The molecule has 0 amide bonds. The Hall–Kier alpha value is -7.88. The highest BCUT2D eigenvalue weighted by molar-refractivity contribution is 8.00. The second-order valence-electron chi connectivity index (χ2n) is 19.1. The molecule has 6 aliphatic rings. The van der Waals surface area contributed by atoms with E-state index in [1.165, 1.54) is 49.0 Å². The van der Waals surface area contributed by atoms with Gasteiger partial charge in [0.05, 0.1) is 28.1 Å². The topological polar surface area (TPSA) is 59.9 Å². The summed E-state index contributed by atoms with van der Waals surface area (Å²) in [6, 6.07) is 57.7. The fourth-order valence-corrected chi connectivity index (χ4v) is 13.4. The number of aryl methyl sites for hydroxylation is 2. The summed E-state index contributed by atoms with van der Waals surface area (Å²) < 4.78 is 25.6. The van der Waals surface area contributed by atoms with Crippen LogP contribution in [-0.4, -0.2) is 31.0 Å². The summed E-state index contributed by atoms with van der Waals surface area (Å²) >= 11 is 1.72. The fourth-order valence-electron chi connectivity index (χ4n) is 12.7. The average molecular weight is 890 g/mol. The number of hydrogen-bond donors (Lipinski definition) is 2. The molecule has 0 bridgehead atoms. The van der Waals surface area contributed by atoms with Crippen molar-refractivity contribution < 1.29 is 14.2 Å². The van der Waals surface area contributed by atoms with Crippen LogP contribution in [0, 0.1) is 13.8 Å². The number of aromatic nitrogens is 1. The van der Waals surface area contributed by atoms with E-state index in [2.05, 4.69) is 197 Å². The minimum absolute atomic E-state index is 0.0132. The summed E-state index contributed by atoms with van der Waals surface area (Å²) in [5.74, 6) is 5.37. The zero-order chi connectivity index (χ0) is 44.7. The van der Waals surface area contributed by atoms with Crippen molar-refractivity contribution in [3.8, 4) is 40.2 Å². The van der Waals surface area contributed by atoms with Gasteiger partial charge in [0.15, 0.2) is 0 Å². The van der Waals surface area contributed by atoms with Gasteiger partial charge in [-0.05, 0) is 147 Å². The minimum atomic E-state index is -0.145. The molecule has 0 saturated heterocycles. The predicted octanol–water partition coefficient (Wildman–Crippen LogP) is 8.11. The van der Waals surface area contributed by atoms with Crippen LogP contribution in [0.15, 0.2) is 158 Å². The lowest BCUT2D eigenvalue weighted by atomic mass is 9.30. The molecule has 10 aromatic rings. The van der Waals surface area contributed by atoms with Crippen LogP contribution >= 0.6 is 11.9 Å². The lowest BCUT2D eigenvalue weighted by Crippen LogP contribution is -2.64. The first-order valence-electron chi connectivity index (χ1n) is 23.4. The van der Waals surface area contributed by atoms with E-state index in [9.17, 15) is 0 Å². The van der Waals surface area contributed by atoms with Gasteiger partial charge >= 0.3 is 0 Å². The van der Waals surface area contributed by atoms with E-state index in [-0.39, 0.29) is 20.1 Å². The third kappa shape index (κ3) is 4.83. The smallest absolute Gasteiger partial charge is 0.256 e. The summed E-state index contributed by atoms with van der Waals surface area (Å²) in [7, 11) is 0. The highest BCUT2D eigenvalue weighted by Crippen LogP contribution is 2.44. The molecule has 11 heteroatoms. The molecule has 0 unspecified atom stereocenters. The largest absolute Gasteiger partial charge is 0.458 e. The summed E-state index contributed by atoms with van der Waals surface area (Å²) in [5, 5.41) is 10.4. The van der Waals surface area contributed by atoms with E-state index >= 15 is 0 Å². The third-order valence-corrected chi connectivity index (χ3v) is 16.0. The molecule has 0 aliphatic carbocycles. The van der Waals surface area contributed by atoms with Crippen molar-refractivity contribution in [1.82, 2.24) is 4.57 Å². The third-order valence-electron chi connectivity index (χ3n) is 15.3. The SMILES string of the molecule is CSN1c2cc3c(cc2B2c4ccccc4Oc4cc(C)cc1c42)B1c2cc4c(cc2Nc2cc(-n5c6ccccc6c6ccccc65)cc(c21)O3)Nc1cc(C)cc2c1B4c1ccccc1O2. The van der Waals surface area contributed by atoms with Gasteiger partial charge in [0.1, 0.15) is 34.5 Å². The molecule has 0 atom stereocenters. The molecule has 2 N–H and O–H groups in total. The number of hydrogen-bond acceptors (Lipinski definition) is 7. The van der Waals surface area contributed by atoms with Crippen LogP contribution in [0.4, 0.5) is 34.1 Å². The summed E-state index contributed by atoms with van der Waals surface area (Å²) in [6.45, 7) is 4.11. The molecule has 0 radical (unpaired) electrons. The molecule has 0 spiro atoms. The van der Waals surface area contributed by atoms with Crippen molar-refractivity contribution in [2.24, 2.45) is 0 Å². The van der Waals surface area contributed by atoms with Crippen LogP contribution in [0.5, 0.6) is 34.5 Å². The number of fused-ring (bicyclic) bond motifs is 15. The Labute approximate surface area is 398 Å². The van der Waals surface area contributed by atoms with E-state index in [1.807, 2.05) is 0 Å². The Bertz CT molecular complexity index is 3930. The van der Waals surface area contributed by atoms with E-state index in [0.29, 0.717) is 0 Å². The van der Waals surface area contributed by atoms with Gasteiger partial charge in [-0.25, -0.2) is 0 Å². The van der Waals surface area contributed by atoms with Crippen molar-refractivity contribution in [3.05, 3.63) is 169 Å². The molecule has 1 aromatic heterocycles. The second-order valence-corrected chi connectivity index (χ2v) is 19.8. The van der Waals surface area contributed by atoms with Gasteiger partial charge in [-0.3, -0.25) is 4.31 Å². The van der Waals surface area contributed by atoms with Crippen LogP contribution < -0.4 is 78.3 Å². The zero-order valence-corrected chi connectivity index (χ0v) is 38.1. The highest BCUT2D eigenvalue weighted by atomic mass is 32.2. The average Bonchev–Trinajstić information content (AvgIpc) is 3.69. The Morgan fingerprint density at radius 3 is 1.62 bits per heavy atom. The van der Waals surface area contributed by atoms with Gasteiger partial charge in [-0.1, -0.05) is 84.9 Å². The van der Waals surface area contributed by atoms with Gasteiger partial charge in [0.2, 0.25) is 0 Å². The summed E-state index contributed by atoms with van der Waals surface area (Å²) in [4.78, 5) is 0. The number of nitrogens with zero attached hydrogens (tertiary/aromatic N) is 2. The molecule has 7 nitrogen and oxygen atoms in total. The molecule has 68 heavy (non-hydrogen) atoms. The zero-order valence-electron chi connectivity index (χ0n) is 37.3. The number of benzene rings is 9. The molecule has 318 valence electrons. The first-order valence-corrected chi connectivity index (χ1v) is 24.5. The lowest BCUT2D eigenvalue weighted by Gasteiger charge is -2.41. The predicted molar refractivity (Wildman–Crippen MR) is 285 cm³/mol. The molecular weight excluding hydrogens is 853 g/mol. The first-order chi connectivity index (χ1) is 33.5. The Morgan fingerprint density at radius 2 is 0.941 bits per heavy atom. The van der Waals surface area contributed by atoms with Gasteiger partial charge < -0.3 is 29.4 Å². The van der Waals surface area contributed by atoms with Crippen molar-refractivity contribution in [2.45, 2.75) is 13.8 Å². The first kappa shape index (κ1) is 37.2. The summed E-state index contributed by atoms with van der Waals surface area (Å²) in [6.07, 6.45) is 2.16.